The average Bonchev–Trinajstić information content (AvgIpc) is 2.53. The zero-order valence-corrected chi connectivity index (χ0v) is 14.6. The first-order valence-corrected chi connectivity index (χ1v) is 8.82. The van der Waals surface area contributed by atoms with Gasteiger partial charge < -0.3 is 8.60 Å². The Balaban J connectivity index is 2.02. The molecule has 1 heterocycles. The molecule has 0 amide bonds. The van der Waals surface area contributed by atoms with Gasteiger partial charge >= 0.3 is 15.7 Å². The van der Waals surface area contributed by atoms with Crippen molar-refractivity contribution in [1.82, 2.24) is 0 Å². The summed E-state index contributed by atoms with van der Waals surface area (Å²) in [6.07, 6.45) is 0. The number of nitro groups is 1. The van der Waals surface area contributed by atoms with Crippen LogP contribution in [0, 0.1) is 24.0 Å². The summed E-state index contributed by atoms with van der Waals surface area (Å²) in [5, 5.41) is 11.6. The Bertz CT molecular complexity index is 1200. The number of nitrogens with zero attached hydrogens (tertiary/aromatic N) is 1. The second-order valence-corrected chi connectivity index (χ2v) is 7.20. The van der Waals surface area contributed by atoms with Crippen LogP contribution in [0.2, 0.25) is 0 Å². The highest BCUT2D eigenvalue weighted by Crippen LogP contribution is 2.27. The van der Waals surface area contributed by atoms with Gasteiger partial charge in [-0.05, 0) is 37.6 Å². The third-order valence-electron chi connectivity index (χ3n) is 3.79. The fourth-order valence-corrected chi connectivity index (χ4v) is 3.42. The van der Waals surface area contributed by atoms with Crippen LogP contribution in [-0.4, -0.2) is 13.3 Å². The van der Waals surface area contributed by atoms with Crippen LogP contribution in [0.25, 0.3) is 11.0 Å². The molecule has 0 unspecified atom stereocenters. The highest BCUT2D eigenvalue weighted by Gasteiger charge is 2.22. The van der Waals surface area contributed by atoms with Gasteiger partial charge in [0.2, 0.25) is 0 Å². The molecule has 9 heteroatoms. The van der Waals surface area contributed by atoms with Crippen molar-refractivity contribution in [1.29, 1.82) is 0 Å². The van der Waals surface area contributed by atoms with Gasteiger partial charge in [-0.15, -0.1) is 0 Å². The van der Waals surface area contributed by atoms with Crippen LogP contribution in [0.4, 0.5) is 5.69 Å². The van der Waals surface area contributed by atoms with Gasteiger partial charge in [-0.3, -0.25) is 10.1 Å². The second-order valence-electron chi connectivity index (χ2n) is 5.65. The van der Waals surface area contributed by atoms with Gasteiger partial charge in [-0.25, -0.2) is 4.79 Å². The molecule has 0 saturated heterocycles. The highest BCUT2D eigenvalue weighted by atomic mass is 32.2. The van der Waals surface area contributed by atoms with E-state index in [0.29, 0.717) is 16.5 Å². The van der Waals surface area contributed by atoms with Crippen molar-refractivity contribution < 1.29 is 21.9 Å². The lowest BCUT2D eigenvalue weighted by atomic mass is 10.1. The molecule has 0 aliphatic heterocycles. The largest absolute Gasteiger partial charge is 0.423 e. The second kappa shape index (κ2) is 6.26. The summed E-state index contributed by atoms with van der Waals surface area (Å²) in [5.74, 6) is -0.0746. The van der Waals surface area contributed by atoms with Crippen LogP contribution >= 0.6 is 0 Å². The third kappa shape index (κ3) is 3.29. The Kier molecular flexibility index (Phi) is 4.25. The molecule has 0 aliphatic carbocycles. The number of aryl methyl sites for hydroxylation is 2. The molecule has 0 aliphatic rings. The van der Waals surface area contributed by atoms with E-state index in [1.165, 1.54) is 37.3 Å². The minimum Gasteiger partial charge on any atom is -0.423 e. The van der Waals surface area contributed by atoms with Crippen LogP contribution in [0.5, 0.6) is 5.75 Å². The smallest absolute Gasteiger partial charge is 0.339 e. The molecule has 0 atom stereocenters. The molecule has 1 aromatic heterocycles. The van der Waals surface area contributed by atoms with E-state index in [9.17, 15) is 23.3 Å². The zero-order chi connectivity index (χ0) is 19.1. The first-order valence-electron chi connectivity index (χ1n) is 7.41. The molecule has 0 saturated carbocycles. The molecule has 3 rings (SSSR count). The summed E-state index contributed by atoms with van der Waals surface area (Å²) >= 11 is 0. The average molecular weight is 375 g/mol. The number of nitro benzene ring substituents is 1. The van der Waals surface area contributed by atoms with E-state index in [2.05, 4.69) is 0 Å². The number of benzene rings is 2. The fraction of sp³-hybridized carbons (Fsp3) is 0.118. The lowest BCUT2D eigenvalue weighted by Crippen LogP contribution is -2.10. The Morgan fingerprint density at radius 1 is 1.04 bits per heavy atom. The summed E-state index contributed by atoms with van der Waals surface area (Å²) in [5.41, 5.74) is 0.299. The molecular weight excluding hydrogens is 362 g/mol. The van der Waals surface area contributed by atoms with Gasteiger partial charge in [0.15, 0.2) is 0 Å². The van der Waals surface area contributed by atoms with E-state index in [1.54, 1.807) is 13.0 Å². The lowest BCUT2D eigenvalue weighted by Gasteiger charge is -2.08. The molecule has 0 fully saturated rings. The molecule has 26 heavy (non-hydrogen) atoms. The van der Waals surface area contributed by atoms with E-state index in [-0.39, 0.29) is 21.9 Å². The molecule has 2 aromatic carbocycles. The van der Waals surface area contributed by atoms with Crippen LogP contribution in [0.15, 0.2) is 56.6 Å². The van der Waals surface area contributed by atoms with Gasteiger partial charge in [-0.1, -0.05) is 6.07 Å². The van der Waals surface area contributed by atoms with Crippen LogP contribution in [0.1, 0.15) is 11.1 Å². The van der Waals surface area contributed by atoms with Gasteiger partial charge in [-0.2, -0.15) is 8.42 Å². The summed E-state index contributed by atoms with van der Waals surface area (Å²) in [6.45, 7) is 3.23. The molecule has 0 radical (unpaired) electrons. The van der Waals surface area contributed by atoms with Crippen molar-refractivity contribution in [2.75, 3.05) is 0 Å². The maximum Gasteiger partial charge on any atom is 0.339 e. The van der Waals surface area contributed by atoms with Gasteiger partial charge in [0.05, 0.1) is 4.92 Å². The highest BCUT2D eigenvalue weighted by molar-refractivity contribution is 7.87. The minimum absolute atomic E-state index is 0.0746. The first kappa shape index (κ1) is 17.6. The molecule has 0 N–H and O–H groups in total. The van der Waals surface area contributed by atoms with Crippen molar-refractivity contribution in [3.63, 3.8) is 0 Å². The Morgan fingerprint density at radius 2 is 1.77 bits per heavy atom. The summed E-state index contributed by atoms with van der Waals surface area (Å²) < 4.78 is 34.9. The molecule has 0 bridgehead atoms. The number of fused-ring (bicyclic) bond motifs is 1. The number of hydrogen-bond acceptors (Lipinski definition) is 7. The van der Waals surface area contributed by atoms with E-state index in [4.69, 9.17) is 8.60 Å². The standard InChI is InChI=1S/C17H13NO7S/c1-10-3-5-13(9-15(10)18(20)21)26(22,23)25-12-4-6-14-11(2)7-17(19)24-16(14)8-12/h3-9H,1-2H3. The molecule has 0 spiro atoms. The molecule has 3 aromatic rings. The molecule has 8 nitrogen and oxygen atoms in total. The third-order valence-corrected chi connectivity index (χ3v) is 5.04. The zero-order valence-electron chi connectivity index (χ0n) is 13.8. The summed E-state index contributed by atoms with van der Waals surface area (Å²) in [4.78, 5) is 21.5. The molecular formula is C17H13NO7S. The lowest BCUT2D eigenvalue weighted by molar-refractivity contribution is -0.385. The topological polar surface area (TPSA) is 117 Å². The number of rotatable bonds is 4. The van der Waals surface area contributed by atoms with Gasteiger partial charge in [0.25, 0.3) is 5.69 Å². The maximum atomic E-state index is 12.4. The SMILES string of the molecule is Cc1ccc(S(=O)(=O)Oc2ccc3c(C)cc(=O)oc3c2)cc1[N+](=O)[O-]. The Hall–Kier alpha value is -3.20. The van der Waals surface area contributed by atoms with E-state index >= 15 is 0 Å². The van der Waals surface area contributed by atoms with Crippen molar-refractivity contribution in [2.24, 2.45) is 0 Å². The summed E-state index contributed by atoms with van der Waals surface area (Å²) in [6, 6.07) is 9.08. The van der Waals surface area contributed by atoms with Crippen molar-refractivity contribution >= 4 is 26.8 Å². The van der Waals surface area contributed by atoms with Crippen molar-refractivity contribution in [2.45, 2.75) is 18.7 Å². The van der Waals surface area contributed by atoms with E-state index < -0.39 is 20.7 Å². The van der Waals surface area contributed by atoms with E-state index in [0.717, 1.165) is 6.07 Å². The predicted octanol–water partition coefficient (Wildman–Crippen LogP) is 3.09. The predicted molar refractivity (Wildman–Crippen MR) is 92.9 cm³/mol. The van der Waals surface area contributed by atoms with Gasteiger partial charge in [0.1, 0.15) is 16.2 Å². The van der Waals surface area contributed by atoms with Gasteiger partial charge in [0, 0.05) is 29.1 Å². The van der Waals surface area contributed by atoms with E-state index in [1.807, 2.05) is 0 Å². The fourth-order valence-electron chi connectivity index (χ4n) is 2.47. The quantitative estimate of drug-likeness (QED) is 0.298. The van der Waals surface area contributed by atoms with Crippen molar-refractivity contribution in [3.8, 4) is 5.75 Å². The monoisotopic (exact) mass is 375 g/mol. The summed E-state index contributed by atoms with van der Waals surface area (Å²) in [7, 11) is -4.30. The van der Waals surface area contributed by atoms with Crippen LogP contribution < -0.4 is 9.81 Å². The Labute approximate surface area is 147 Å². The Morgan fingerprint density at radius 3 is 2.46 bits per heavy atom. The first-order chi connectivity index (χ1) is 12.2. The van der Waals surface area contributed by atoms with Crippen LogP contribution in [0.3, 0.4) is 0 Å². The minimum atomic E-state index is -4.30. The maximum absolute atomic E-state index is 12.4. The van der Waals surface area contributed by atoms with Crippen LogP contribution in [-0.2, 0) is 10.1 Å². The van der Waals surface area contributed by atoms with Crippen molar-refractivity contribution in [3.05, 3.63) is 74.1 Å². The molecule has 134 valence electrons. The number of hydrogen-bond donors (Lipinski definition) is 0. The normalized spacial score (nSPS) is 11.5.